The van der Waals surface area contributed by atoms with Crippen LogP contribution in [0.1, 0.15) is 30.4 Å². The molecule has 0 unspecified atom stereocenters. The topological polar surface area (TPSA) is 54.2 Å². The fraction of sp³-hybridized carbons (Fsp3) is 0.304. The molecule has 0 aliphatic carbocycles. The molecule has 3 rings (SSSR count). The van der Waals surface area contributed by atoms with Gasteiger partial charge in [-0.05, 0) is 24.5 Å². The second-order valence-corrected chi connectivity index (χ2v) is 6.65. The van der Waals surface area contributed by atoms with E-state index < -0.39 is 0 Å². The Morgan fingerprint density at radius 3 is 2.21 bits per heavy atom. The highest BCUT2D eigenvalue weighted by atomic mass is 127. The van der Waals surface area contributed by atoms with Crippen molar-refractivity contribution in [3.8, 4) is 0 Å². The van der Waals surface area contributed by atoms with Gasteiger partial charge in [-0.3, -0.25) is 4.99 Å². The van der Waals surface area contributed by atoms with Gasteiger partial charge in [0, 0.05) is 44.5 Å². The van der Waals surface area contributed by atoms with Crippen molar-refractivity contribution >= 4 is 29.9 Å². The van der Waals surface area contributed by atoms with E-state index in [-0.39, 0.29) is 24.0 Å². The first kappa shape index (κ1) is 22.9. The Kier molecular flexibility index (Phi) is 10.3. The van der Waals surface area contributed by atoms with Crippen LogP contribution in [0.3, 0.4) is 0 Å². The van der Waals surface area contributed by atoms with Crippen molar-refractivity contribution in [1.82, 2.24) is 20.2 Å². The number of nitrogens with one attached hydrogen (secondary N) is 2. The molecular weight excluding hydrogens is 473 g/mol. The molecule has 0 fully saturated rings. The van der Waals surface area contributed by atoms with Crippen molar-refractivity contribution in [2.24, 2.45) is 4.99 Å². The fourth-order valence-electron chi connectivity index (χ4n) is 3.27. The Morgan fingerprint density at radius 1 is 1.00 bits per heavy atom. The van der Waals surface area contributed by atoms with E-state index >= 15 is 0 Å². The molecule has 0 bridgehead atoms. The minimum absolute atomic E-state index is 0. The summed E-state index contributed by atoms with van der Waals surface area (Å²) in [5, 5.41) is 6.73. The molecular formula is C23H30IN5. The molecule has 0 saturated carbocycles. The minimum Gasteiger partial charge on any atom is -0.357 e. The predicted octanol–water partition coefficient (Wildman–Crippen LogP) is 4.28. The van der Waals surface area contributed by atoms with Gasteiger partial charge in [0.2, 0.25) is 0 Å². The van der Waals surface area contributed by atoms with E-state index in [1.165, 1.54) is 11.1 Å². The lowest BCUT2D eigenvalue weighted by Gasteiger charge is -2.18. The van der Waals surface area contributed by atoms with Gasteiger partial charge >= 0.3 is 0 Å². The van der Waals surface area contributed by atoms with Crippen LogP contribution in [0.25, 0.3) is 0 Å². The number of rotatable bonds is 9. The molecule has 1 aromatic heterocycles. The van der Waals surface area contributed by atoms with Gasteiger partial charge in [-0.1, -0.05) is 60.7 Å². The molecule has 2 aromatic carbocycles. The summed E-state index contributed by atoms with van der Waals surface area (Å²) in [6, 6.07) is 21.4. The third-order valence-electron chi connectivity index (χ3n) is 4.66. The number of imidazole rings is 1. The van der Waals surface area contributed by atoms with Crippen LogP contribution in [-0.2, 0) is 6.54 Å². The van der Waals surface area contributed by atoms with Crippen LogP contribution in [0.5, 0.6) is 0 Å². The van der Waals surface area contributed by atoms with Crippen molar-refractivity contribution in [3.63, 3.8) is 0 Å². The molecule has 0 radical (unpaired) electrons. The monoisotopic (exact) mass is 503 g/mol. The van der Waals surface area contributed by atoms with Crippen LogP contribution in [0.2, 0.25) is 0 Å². The van der Waals surface area contributed by atoms with Gasteiger partial charge in [0.1, 0.15) is 0 Å². The summed E-state index contributed by atoms with van der Waals surface area (Å²) in [4.78, 5) is 8.86. The molecule has 0 aliphatic rings. The zero-order valence-electron chi connectivity index (χ0n) is 16.9. The first-order valence-electron chi connectivity index (χ1n) is 9.94. The van der Waals surface area contributed by atoms with Crippen molar-refractivity contribution < 1.29 is 0 Å². The van der Waals surface area contributed by atoms with E-state index in [9.17, 15) is 0 Å². The molecule has 0 atom stereocenters. The second-order valence-electron chi connectivity index (χ2n) is 6.65. The van der Waals surface area contributed by atoms with Gasteiger partial charge in [-0.15, -0.1) is 24.0 Å². The number of nitrogens with zero attached hydrogens (tertiary/aromatic N) is 3. The third-order valence-corrected chi connectivity index (χ3v) is 4.66. The van der Waals surface area contributed by atoms with Gasteiger partial charge in [0.15, 0.2) is 5.96 Å². The highest BCUT2D eigenvalue weighted by Crippen LogP contribution is 2.27. The summed E-state index contributed by atoms with van der Waals surface area (Å²) in [5.41, 5.74) is 2.67. The Bertz CT molecular complexity index is 779. The first-order chi connectivity index (χ1) is 13.9. The molecule has 3 aromatic rings. The lowest BCUT2D eigenvalue weighted by Crippen LogP contribution is -2.39. The maximum Gasteiger partial charge on any atom is 0.191 e. The maximum absolute atomic E-state index is 4.79. The third kappa shape index (κ3) is 7.53. The van der Waals surface area contributed by atoms with E-state index in [0.717, 1.165) is 38.6 Å². The van der Waals surface area contributed by atoms with E-state index in [4.69, 9.17) is 4.99 Å². The normalized spacial score (nSPS) is 11.2. The Labute approximate surface area is 190 Å². The Hall–Kier alpha value is -2.35. The summed E-state index contributed by atoms with van der Waals surface area (Å²) in [7, 11) is 0. The molecule has 6 heteroatoms. The highest BCUT2D eigenvalue weighted by Gasteiger charge is 2.13. The first-order valence-corrected chi connectivity index (χ1v) is 9.94. The number of guanidine groups is 1. The number of halogens is 1. The second kappa shape index (κ2) is 13.0. The van der Waals surface area contributed by atoms with Crippen LogP contribution in [0.4, 0.5) is 0 Å². The Morgan fingerprint density at radius 2 is 1.66 bits per heavy atom. The smallest absolute Gasteiger partial charge is 0.191 e. The lowest BCUT2D eigenvalue weighted by molar-refractivity contribution is 0.658. The number of benzene rings is 2. The summed E-state index contributed by atoms with van der Waals surface area (Å²) in [5.74, 6) is 1.21. The molecule has 0 saturated heterocycles. The van der Waals surface area contributed by atoms with Gasteiger partial charge in [-0.25, -0.2) is 4.98 Å². The number of hydrogen-bond donors (Lipinski definition) is 2. The summed E-state index contributed by atoms with van der Waals surface area (Å²) in [6.45, 7) is 5.36. The predicted molar refractivity (Wildman–Crippen MR) is 131 cm³/mol. The van der Waals surface area contributed by atoms with Gasteiger partial charge in [0.25, 0.3) is 0 Å². The molecule has 0 spiro atoms. The van der Waals surface area contributed by atoms with Gasteiger partial charge < -0.3 is 15.2 Å². The van der Waals surface area contributed by atoms with Crippen LogP contribution in [0, 0.1) is 0 Å². The fourth-order valence-corrected chi connectivity index (χ4v) is 3.27. The quantitative estimate of drug-likeness (QED) is 0.261. The van der Waals surface area contributed by atoms with Gasteiger partial charge in [0.05, 0.1) is 6.33 Å². The van der Waals surface area contributed by atoms with E-state index in [1.54, 1.807) is 6.20 Å². The van der Waals surface area contributed by atoms with Crippen LogP contribution >= 0.6 is 24.0 Å². The largest absolute Gasteiger partial charge is 0.357 e. The lowest BCUT2D eigenvalue weighted by atomic mass is 9.89. The molecule has 154 valence electrons. The van der Waals surface area contributed by atoms with Crippen molar-refractivity contribution in [2.45, 2.75) is 25.8 Å². The summed E-state index contributed by atoms with van der Waals surface area (Å²) < 4.78 is 2.05. The molecule has 29 heavy (non-hydrogen) atoms. The number of hydrogen-bond acceptors (Lipinski definition) is 2. The molecule has 2 N–H and O–H groups in total. The van der Waals surface area contributed by atoms with E-state index in [0.29, 0.717) is 5.92 Å². The SMILES string of the molecule is CCNC(=NCCC(c1ccccc1)c1ccccc1)NCCn1ccnc1.I. The highest BCUT2D eigenvalue weighted by molar-refractivity contribution is 14.0. The average Bonchev–Trinajstić information content (AvgIpc) is 3.26. The average molecular weight is 503 g/mol. The molecule has 5 nitrogen and oxygen atoms in total. The number of aliphatic imine (C=N–C) groups is 1. The van der Waals surface area contributed by atoms with Crippen LogP contribution in [0.15, 0.2) is 84.4 Å². The molecule has 1 heterocycles. The van der Waals surface area contributed by atoms with Crippen molar-refractivity contribution in [3.05, 3.63) is 90.5 Å². The summed E-state index contributed by atoms with van der Waals surface area (Å²) >= 11 is 0. The van der Waals surface area contributed by atoms with Crippen LogP contribution in [-0.4, -0.2) is 35.1 Å². The van der Waals surface area contributed by atoms with E-state index in [2.05, 4.69) is 87.8 Å². The summed E-state index contributed by atoms with van der Waals surface area (Å²) in [6.07, 6.45) is 6.56. The van der Waals surface area contributed by atoms with Gasteiger partial charge in [-0.2, -0.15) is 0 Å². The minimum atomic E-state index is 0. The van der Waals surface area contributed by atoms with E-state index in [1.807, 2.05) is 12.5 Å². The van der Waals surface area contributed by atoms with Crippen molar-refractivity contribution in [1.29, 1.82) is 0 Å². The van der Waals surface area contributed by atoms with Crippen LogP contribution < -0.4 is 10.6 Å². The molecule has 0 aliphatic heterocycles. The Balaban J connectivity index is 0.00000300. The standard InChI is InChI=1S/C23H29N5.HI/c1-2-25-23(27-16-18-28-17-15-24-19-28)26-14-13-22(20-9-5-3-6-10-20)21-11-7-4-8-12-21;/h3-12,15,17,19,22H,2,13-14,16,18H2,1H3,(H2,25,26,27);1H. The number of aromatic nitrogens is 2. The van der Waals surface area contributed by atoms with Crippen molar-refractivity contribution in [2.75, 3.05) is 19.6 Å². The zero-order chi connectivity index (χ0) is 19.4. The maximum atomic E-state index is 4.79. The molecule has 0 amide bonds. The zero-order valence-corrected chi connectivity index (χ0v) is 19.2.